The number of carbonyl (C=O) groups is 2. The predicted molar refractivity (Wildman–Crippen MR) is 87.6 cm³/mol. The second kappa shape index (κ2) is 6.55. The Balaban J connectivity index is 1.74. The fraction of sp³-hybridized carbons (Fsp3) is 0.294. The number of halogens is 2. The van der Waals surface area contributed by atoms with Crippen molar-refractivity contribution in [2.75, 3.05) is 13.1 Å². The van der Waals surface area contributed by atoms with Gasteiger partial charge in [-0.1, -0.05) is 18.2 Å². The van der Waals surface area contributed by atoms with Gasteiger partial charge in [0, 0.05) is 23.4 Å². The number of hydrogen-bond acceptors (Lipinski definition) is 4. The second-order valence-corrected chi connectivity index (χ2v) is 5.99. The molecule has 1 saturated heterocycles. The Morgan fingerprint density at radius 1 is 1.35 bits per heavy atom. The smallest absolute Gasteiger partial charge is 0.268 e. The van der Waals surface area contributed by atoms with Crippen molar-refractivity contribution in [3.8, 4) is 6.07 Å². The van der Waals surface area contributed by atoms with Crippen LogP contribution in [0.25, 0.3) is 10.8 Å². The number of nitriles is 1. The van der Waals surface area contributed by atoms with Gasteiger partial charge in [0.05, 0.1) is 24.7 Å². The van der Waals surface area contributed by atoms with Gasteiger partial charge >= 0.3 is 0 Å². The normalized spacial score (nSPS) is 18.5. The Bertz CT molecular complexity index is 980. The zero-order valence-corrected chi connectivity index (χ0v) is 13.5. The first-order valence-electron chi connectivity index (χ1n) is 7.78. The van der Waals surface area contributed by atoms with Gasteiger partial charge in [-0.3, -0.25) is 14.4 Å². The van der Waals surface area contributed by atoms with Crippen molar-refractivity contribution < 1.29 is 18.4 Å². The van der Waals surface area contributed by atoms with Gasteiger partial charge in [-0.05, 0) is 6.07 Å². The van der Waals surface area contributed by atoms with Crippen LogP contribution in [0, 0.1) is 11.3 Å². The Morgan fingerprint density at radius 3 is 2.73 bits per heavy atom. The number of nitrogens with one attached hydrogen (secondary N) is 2. The molecule has 1 aliphatic heterocycles. The molecule has 1 aliphatic rings. The van der Waals surface area contributed by atoms with Crippen molar-refractivity contribution in [3.63, 3.8) is 0 Å². The highest BCUT2D eigenvalue weighted by molar-refractivity contribution is 6.07. The van der Waals surface area contributed by atoms with Crippen molar-refractivity contribution in [2.24, 2.45) is 0 Å². The summed E-state index contributed by atoms with van der Waals surface area (Å²) in [5, 5.41) is 12.0. The highest BCUT2D eigenvalue weighted by Gasteiger charge is 2.47. The fourth-order valence-electron chi connectivity index (χ4n) is 2.94. The van der Waals surface area contributed by atoms with E-state index in [0.717, 1.165) is 4.90 Å². The van der Waals surface area contributed by atoms with Crippen molar-refractivity contribution >= 4 is 22.6 Å². The van der Waals surface area contributed by atoms with Crippen LogP contribution in [0.5, 0.6) is 0 Å². The summed E-state index contributed by atoms with van der Waals surface area (Å²) in [6.07, 6.45) is 0.514. The summed E-state index contributed by atoms with van der Waals surface area (Å²) in [5.41, 5.74) is -0.207. The van der Waals surface area contributed by atoms with Crippen molar-refractivity contribution in [2.45, 2.75) is 18.4 Å². The number of fused-ring (bicyclic) bond motifs is 1. The van der Waals surface area contributed by atoms with E-state index >= 15 is 0 Å². The average molecular weight is 360 g/mol. The van der Waals surface area contributed by atoms with Crippen LogP contribution in [-0.4, -0.2) is 46.8 Å². The van der Waals surface area contributed by atoms with Crippen molar-refractivity contribution in [1.82, 2.24) is 15.2 Å². The summed E-state index contributed by atoms with van der Waals surface area (Å²) in [7, 11) is 0. The Morgan fingerprint density at radius 2 is 2.04 bits per heavy atom. The first kappa shape index (κ1) is 17.5. The van der Waals surface area contributed by atoms with Gasteiger partial charge in [-0.15, -0.1) is 0 Å². The number of nitrogens with zero attached hydrogens (tertiary/aromatic N) is 2. The van der Waals surface area contributed by atoms with Crippen LogP contribution in [0.1, 0.15) is 16.8 Å². The van der Waals surface area contributed by atoms with Crippen molar-refractivity contribution in [3.05, 3.63) is 46.4 Å². The van der Waals surface area contributed by atoms with E-state index in [4.69, 9.17) is 5.26 Å². The minimum absolute atomic E-state index is 0.150. The number of aromatic nitrogens is 1. The molecule has 7 nitrogen and oxygen atoms in total. The zero-order valence-electron chi connectivity index (χ0n) is 13.5. The molecule has 26 heavy (non-hydrogen) atoms. The molecule has 0 aliphatic carbocycles. The minimum atomic E-state index is -3.12. The molecular weight excluding hydrogens is 346 g/mol. The summed E-state index contributed by atoms with van der Waals surface area (Å²) in [5.74, 6) is -4.52. The highest BCUT2D eigenvalue weighted by atomic mass is 19.3. The van der Waals surface area contributed by atoms with Gasteiger partial charge < -0.3 is 15.2 Å². The van der Waals surface area contributed by atoms with E-state index in [1.807, 2.05) is 0 Å². The SMILES string of the molecule is N#C[C@@H]1CC(F)(F)CN1C(=O)CNC(=O)c1c[nH]c(=O)c2ccccc12. The van der Waals surface area contributed by atoms with E-state index in [9.17, 15) is 23.2 Å². The molecule has 1 atom stereocenters. The fourth-order valence-corrected chi connectivity index (χ4v) is 2.94. The molecule has 9 heteroatoms. The minimum Gasteiger partial charge on any atom is -0.343 e. The zero-order chi connectivity index (χ0) is 18.9. The molecule has 2 aromatic rings. The van der Waals surface area contributed by atoms with E-state index in [2.05, 4.69) is 10.3 Å². The highest BCUT2D eigenvalue weighted by Crippen LogP contribution is 2.31. The van der Waals surface area contributed by atoms with Gasteiger partial charge in [-0.25, -0.2) is 8.78 Å². The molecule has 1 fully saturated rings. The third-order valence-corrected chi connectivity index (χ3v) is 4.19. The lowest BCUT2D eigenvalue weighted by Gasteiger charge is -2.19. The van der Waals surface area contributed by atoms with Gasteiger partial charge in [0.25, 0.3) is 17.4 Å². The third kappa shape index (κ3) is 3.26. The first-order chi connectivity index (χ1) is 12.3. The summed E-state index contributed by atoms with van der Waals surface area (Å²) in [6.45, 7) is -1.37. The summed E-state index contributed by atoms with van der Waals surface area (Å²) in [6, 6.07) is 6.91. The molecule has 0 saturated carbocycles. The number of rotatable bonds is 3. The molecule has 1 aromatic heterocycles. The monoisotopic (exact) mass is 360 g/mol. The number of amides is 2. The summed E-state index contributed by atoms with van der Waals surface area (Å²) in [4.78, 5) is 39.5. The number of hydrogen-bond donors (Lipinski definition) is 2. The molecule has 2 heterocycles. The van der Waals surface area contributed by atoms with Crippen LogP contribution >= 0.6 is 0 Å². The largest absolute Gasteiger partial charge is 0.343 e. The number of likely N-dealkylation sites (tertiary alicyclic amines) is 1. The van der Waals surface area contributed by atoms with Gasteiger partial charge in [-0.2, -0.15) is 5.26 Å². The lowest BCUT2D eigenvalue weighted by atomic mass is 10.1. The maximum absolute atomic E-state index is 13.4. The van der Waals surface area contributed by atoms with Gasteiger partial charge in [0.15, 0.2) is 0 Å². The number of pyridine rings is 1. The van der Waals surface area contributed by atoms with E-state index in [0.29, 0.717) is 10.8 Å². The van der Waals surface area contributed by atoms with Crippen molar-refractivity contribution in [1.29, 1.82) is 5.26 Å². The third-order valence-electron chi connectivity index (χ3n) is 4.19. The van der Waals surface area contributed by atoms with Crippen LogP contribution in [0.4, 0.5) is 8.78 Å². The molecule has 2 N–H and O–H groups in total. The lowest BCUT2D eigenvalue weighted by Crippen LogP contribution is -2.43. The molecule has 0 radical (unpaired) electrons. The second-order valence-electron chi connectivity index (χ2n) is 5.99. The number of carbonyl (C=O) groups excluding carboxylic acids is 2. The standard InChI is InChI=1S/C17H14F2N4O3/c18-17(19)5-10(6-20)23(9-17)14(24)8-22-16(26)13-7-21-15(25)12-4-2-1-3-11(12)13/h1-4,7,10H,5,8-9H2,(H,21,25)(H,22,26)/t10-/m0/s1. The van der Waals surface area contributed by atoms with E-state index in [1.54, 1.807) is 30.3 Å². The molecule has 0 bridgehead atoms. The van der Waals surface area contributed by atoms with Crippen LogP contribution in [-0.2, 0) is 4.79 Å². The maximum Gasteiger partial charge on any atom is 0.268 e. The lowest BCUT2D eigenvalue weighted by molar-refractivity contribution is -0.131. The predicted octanol–water partition coefficient (Wildman–Crippen LogP) is 1.02. The van der Waals surface area contributed by atoms with E-state index < -0.39 is 43.3 Å². The molecule has 134 valence electrons. The Kier molecular flexibility index (Phi) is 4.42. The molecule has 1 aromatic carbocycles. The van der Waals surface area contributed by atoms with Crippen LogP contribution in [0.3, 0.4) is 0 Å². The maximum atomic E-state index is 13.4. The number of alkyl halides is 2. The number of H-pyrrole nitrogens is 1. The Labute approximate surface area is 146 Å². The van der Waals surface area contributed by atoms with Gasteiger partial charge in [0.2, 0.25) is 5.91 Å². The molecule has 0 unspecified atom stereocenters. The molecular formula is C17H14F2N4O3. The van der Waals surface area contributed by atoms with Crippen LogP contribution in [0.2, 0.25) is 0 Å². The topological polar surface area (TPSA) is 106 Å². The number of aromatic amines is 1. The van der Waals surface area contributed by atoms with Crippen LogP contribution in [0.15, 0.2) is 35.3 Å². The Hall–Kier alpha value is -3.28. The summed E-state index contributed by atoms with van der Waals surface area (Å²) >= 11 is 0. The van der Waals surface area contributed by atoms with Crippen LogP contribution < -0.4 is 10.9 Å². The number of benzene rings is 1. The van der Waals surface area contributed by atoms with E-state index in [-0.39, 0.29) is 11.1 Å². The average Bonchev–Trinajstić information content (AvgIpc) is 2.95. The first-order valence-corrected chi connectivity index (χ1v) is 7.78. The summed E-state index contributed by atoms with van der Waals surface area (Å²) < 4.78 is 26.8. The molecule has 3 rings (SSSR count). The molecule has 2 amide bonds. The van der Waals surface area contributed by atoms with Gasteiger partial charge in [0.1, 0.15) is 6.04 Å². The molecule has 0 spiro atoms. The quantitative estimate of drug-likeness (QED) is 0.852. The van der Waals surface area contributed by atoms with E-state index in [1.165, 1.54) is 6.20 Å².